The summed E-state index contributed by atoms with van der Waals surface area (Å²) in [4.78, 5) is 26.6. The van der Waals surface area contributed by atoms with Crippen LogP contribution in [0.2, 0.25) is 0 Å². The van der Waals surface area contributed by atoms with E-state index >= 15 is 0 Å². The van der Waals surface area contributed by atoms with E-state index in [0.29, 0.717) is 11.3 Å². The van der Waals surface area contributed by atoms with Crippen LogP contribution in [0.4, 0.5) is 15.8 Å². The molecule has 6 heteroatoms. The van der Waals surface area contributed by atoms with Gasteiger partial charge in [0.05, 0.1) is 11.4 Å². The van der Waals surface area contributed by atoms with Crippen LogP contribution in [0, 0.1) is 19.7 Å². The molecule has 2 amide bonds. The Hall–Kier alpha value is -3.12. The van der Waals surface area contributed by atoms with Gasteiger partial charge < -0.3 is 5.32 Å². The molecule has 1 saturated heterocycles. The molecule has 1 unspecified atom stereocenters. The molecule has 1 aliphatic rings. The third kappa shape index (κ3) is 4.09. The highest BCUT2D eigenvalue weighted by Gasteiger charge is 2.35. The van der Waals surface area contributed by atoms with E-state index in [-0.39, 0.29) is 28.6 Å². The number of carbonyl (C=O) groups is 2. The molecule has 1 N–H and O–H groups in total. The van der Waals surface area contributed by atoms with Gasteiger partial charge in [-0.15, -0.1) is 11.8 Å². The molecule has 0 radical (unpaired) electrons. The van der Waals surface area contributed by atoms with Gasteiger partial charge in [-0.05, 0) is 61.4 Å². The third-order valence-corrected chi connectivity index (χ3v) is 6.18. The van der Waals surface area contributed by atoms with E-state index in [4.69, 9.17) is 0 Å². The van der Waals surface area contributed by atoms with Gasteiger partial charge >= 0.3 is 0 Å². The molecular formula is C24H21FN2O2S. The monoisotopic (exact) mass is 420 g/mol. The number of hydrogen-bond acceptors (Lipinski definition) is 3. The smallest absolute Gasteiger partial charge is 0.255 e. The highest BCUT2D eigenvalue weighted by atomic mass is 32.2. The lowest BCUT2D eigenvalue weighted by atomic mass is 10.1. The van der Waals surface area contributed by atoms with Gasteiger partial charge in [0.1, 0.15) is 11.2 Å². The van der Waals surface area contributed by atoms with Crippen LogP contribution in [-0.2, 0) is 4.79 Å². The first-order chi connectivity index (χ1) is 14.4. The number of nitrogens with one attached hydrogen (secondary N) is 1. The second-order valence-corrected chi connectivity index (χ2v) is 8.40. The van der Waals surface area contributed by atoms with Gasteiger partial charge in [0.25, 0.3) is 5.91 Å². The Labute approximate surface area is 179 Å². The predicted octanol–water partition coefficient (Wildman–Crippen LogP) is 5.47. The summed E-state index contributed by atoms with van der Waals surface area (Å²) in [5, 5.41) is 2.55. The van der Waals surface area contributed by atoms with Crippen LogP contribution in [-0.4, -0.2) is 17.6 Å². The molecule has 3 aromatic rings. The number of hydrogen-bond donors (Lipinski definition) is 1. The van der Waals surface area contributed by atoms with Crippen LogP contribution in [0.25, 0.3) is 0 Å². The molecule has 0 aliphatic carbocycles. The van der Waals surface area contributed by atoms with Crippen molar-refractivity contribution in [1.29, 1.82) is 0 Å². The molecule has 1 aliphatic heterocycles. The third-order valence-electron chi connectivity index (χ3n) is 4.97. The minimum absolute atomic E-state index is 0.136. The van der Waals surface area contributed by atoms with Crippen LogP contribution < -0.4 is 10.2 Å². The molecular weight excluding hydrogens is 399 g/mol. The second kappa shape index (κ2) is 8.32. The van der Waals surface area contributed by atoms with E-state index in [0.717, 1.165) is 16.7 Å². The van der Waals surface area contributed by atoms with E-state index in [9.17, 15) is 14.0 Å². The molecule has 1 atom stereocenters. The molecule has 4 nitrogen and oxygen atoms in total. The Balaban J connectivity index is 1.61. The average Bonchev–Trinajstić information content (AvgIpc) is 3.12. The standard InChI is InChI=1S/C24H21FN2O2S/c1-15-6-9-17(10-7-15)23(29)26-19-5-3-4-18(13-19)24-27(22(28)14-30-24)21-12-16(2)8-11-20(21)25/h3-13,24H,14H2,1-2H3,(H,26,29). The van der Waals surface area contributed by atoms with Gasteiger partial charge in [0, 0.05) is 11.3 Å². The molecule has 0 saturated carbocycles. The number of amides is 2. The molecule has 0 bridgehead atoms. The SMILES string of the molecule is Cc1ccc(C(=O)Nc2cccc(C3SCC(=O)N3c3cc(C)ccc3F)c2)cc1. The fourth-order valence-corrected chi connectivity index (χ4v) is 4.58. The summed E-state index contributed by atoms with van der Waals surface area (Å²) < 4.78 is 14.5. The van der Waals surface area contributed by atoms with Gasteiger partial charge in [0.15, 0.2) is 0 Å². The van der Waals surface area contributed by atoms with Crippen LogP contribution in [0.3, 0.4) is 0 Å². The van der Waals surface area contributed by atoms with Crippen molar-refractivity contribution in [3.8, 4) is 0 Å². The van der Waals surface area contributed by atoms with Crippen molar-refractivity contribution in [2.45, 2.75) is 19.2 Å². The minimum atomic E-state index is -0.426. The Kier molecular flexibility index (Phi) is 5.59. The molecule has 3 aromatic carbocycles. The lowest BCUT2D eigenvalue weighted by Gasteiger charge is -2.25. The van der Waals surface area contributed by atoms with Crippen molar-refractivity contribution >= 4 is 35.0 Å². The Morgan fingerprint density at radius 2 is 1.77 bits per heavy atom. The molecule has 0 aromatic heterocycles. The van der Waals surface area contributed by atoms with Gasteiger partial charge in [0.2, 0.25) is 5.91 Å². The summed E-state index contributed by atoms with van der Waals surface area (Å²) >= 11 is 1.44. The molecule has 1 fully saturated rings. The Morgan fingerprint density at radius 3 is 2.53 bits per heavy atom. The number of nitrogens with zero attached hydrogens (tertiary/aromatic N) is 1. The molecule has 4 rings (SSSR count). The van der Waals surface area contributed by atoms with Crippen molar-refractivity contribution in [3.05, 3.63) is 94.8 Å². The number of benzene rings is 3. The summed E-state index contributed by atoms with van der Waals surface area (Å²) in [6.45, 7) is 3.83. The number of rotatable bonds is 4. The number of thioether (sulfide) groups is 1. The number of carbonyl (C=O) groups excluding carboxylic acids is 2. The van der Waals surface area contributed by atoms with E-state index in [1.165, 1.54) is 22.7 Å². The Morgan fingerprint density at radius 1 is 1.03 bits per heavy atom. The highest BCUT2D eigenvalue weighted by Crippen LogP contribution is 2.43. The maximum Gasteiger partial charge on any atom is 0.255 e. The van der Waals surface area contributed by atoms with Crippen molar-refractivity contribution in [2.24, 2.45) is 0 Å². The lowest BCUT2D eigenvalue weighted by molar-refractivity contribution is -0.115. The normalized spacial score (nSPS) is 16.0. The second-order valence-electron chi connectivity index (χ2n) is 7.33. The van der Waals surface area contributed by atoms with Crippen molar-refractivity contribution in [3.63, 3.8) is 0 Å². The van der Waals surface area contributed by atoms with Crippen molar-refractivity contribution in [2.75, 3.05) is 16.0 Å². The summed E-state index contributed by atoms with van der Waals surface area (Å²) in [6, 6.07) is 19.4. The van der Waals surface area contributed by atoms with Gasteiger partial charge in [-0.3, -0.25) is 14.5 Å². The van der Waals surface area contributed by atoms with E-state index in [1.54, 1.807) is 30.3 Å². The zero-order valence-corrected chi connectivity index (χ0v) is 17.5. The Bertz CT molecular complexity index is 1110. The number of halogens is 1. The topological polar surface area (TPSA) is 49.4 Å². The van der Waals surface area contributed by atoms with Crippen LogP contribution in [0.15, 0.2) is 66.7 Å². The summed E-state index contributed by atoms with van der Waals surface area (Å²) in [7, 11) is 0. The highest BCUT2D eigenvalue weighted by molar-refractivity contribution is 8.00. The van der Waals surface area contributed by atoms with Crippen LogP contribution in [0.5, 0.6) is 0 Å². The summed E-state index contributed by atoms with van der Waals surface area (Å²) in [6.07, 6.45) is 0. The summed E-state index contributed by atoms with van der Waals surface area (Å²) in [5.74, 6) is -0.490. The number of aryl methyl sites for hydroxylation is 2. The molecule has 30 heavy (non-hydrogen) atoms. The zero-order valence-electron chi connectivity index (χ0n) is 16.7. The van der Waals surface area contributed by atoms with Crippen molar-refractivity contribution < 1.29 is 14.0 Å². The largest absolute Gasteiger partial charge is 0.322 e. The van der Waals surface area contributed by atoms with E-state index in [1.807, 2.05) is 44.2 Å². The quantitative estimate of drug-likeness (QED) is 0.609. The molecule has 0 spiro atoms. The number of anilines is 2. The van der Waals surface area contributed by atoms with Gasteiger partial charge in [-0.2, -0.15) is 0 Å². The average molecular weight is 421 g/mol. The predicted molar refractivity (Wildman–Crippen MR) is 119 cm³/mol. The van der Waals surface area contributed by atoms with Gasteiger partial charge in [-0.1, -0.05) is 35.9 Å². The first kappa shape index (κ1) is 20.2. The minimum Gasteiger partial charge on any atom is -0.322 e. The van der Waals surface area contributed by atoms with Crippen LogP contribution in [0.1, 0.15) is 32.4 Å². The van der Waals surface area contributed by atoms with E-state index in [2.05, 4.69) is 5.32 Å². The van der Waals surface area contributed by atoms with Crippen LogP contribution >= 0.6 is 11.8 Å². The van der Waals surface area contributed by atoms with Crippen molar-refractivity contribution in [1.82, 2.24) is 0 Å². The fourth-order valence-electron chi connectivity index (χ4n) is 3.42. The first-order valence-corrected chi connectivity index (χ1v) is 10.6. The summed E-state index contributed by atoms with van der Waals surface area (Å²) in [5.41, 5.74) is 4.27. The maximum atomic E-state index is 14.5. The fraction of sp³-hybridized carbons (Fsp3) is 0.167. The first-order valence-electron chi connectivity index (χ1n) is 9.60. The molecule has 1 heterocycles. The molecule has 152 valence electrons. The zero-order chi connectivity index (χ0) is 21.3. The van der Waals surface area contributed by atoms with Gasteiger partial charge in [-0.25, -0.2) is 4.39 Å². The lowest BCUT2D eigenvalue weighted by Crippen LogP contribution is -2.28. The van der Waals surface area contributed by atoms with E-state index < -0.39 is 5.82 Å². The maximum absolute atomic E-state index is 14.5.